The van der Waals surface area contributed by atoms with E-state index in [1.807, 2.05) is 13.8 Å². The number of nitrogens with one attached hydrogen (secondary N) is 1. The summed E-state index contributed by atoms with van der Waals surface area (Å²) in [6.07, 6.45) is 1.48. The number of hydrogen-bond acceptors (Lipinski definition) is 5. The molecule has 0 fully saturated rings. The number of carboxylic acids is 1. The second-order valence-corrected chi connectivity index (χ2v) is 7.95. The second kappa shape index (κ2) is 8.68. The van der Waals surface area contributed by atoms with E-state index >= 15 is 0 Å². The lowest BCUT2D eigenvalue weighted by Crippen LogP contribution is -2.42. The fraction of sp³-hybridized carbons (Fsp3) is 0.500. The third-order valence-electron chi connectivity index (χ3n) is 3.19. The van der Waals surface area contributed by atoms with Crippen LogP contribution in [0.15, 0.2) is 29.2 Å². The number of ether oxygens (including phenoxy) is 1. The maximum Gasteiger partial charge on any atom is 0.326 e. The van der Waals surface area contributed by atoms with Gasteiger partial charge >= 0.3 is 5.97 Å². The molecule has 0 bridgehead atoms. The Morgan fingerprint density at radius 3 is 2.25 bits per heavy atom. The van der Waals surface area contributed by atoms with Crippen molar-refractivity contribution in [3.8, 4) is 5.75 Å². The van der Waals surface area contributed by atoms with Crippen LogP contribution in [0.25, 0.3) is 0 Å². The van der Waals surface area contributed by atoms with Gasteiger partial charge in [0.25, 0.3) is 0 Å². The molecule has 0 aliphatic heterocycles. The normalized spacial score (nSPS) is 12.7. The fourth-order valence-corrected chi connectivity index (χ4v) is 2.63. The lowest BCUT2D eigenvalue weighted by Gasteiger charge is -2.16. The Bertz CT molecular complexity index is 666. The first-order chi connectivity index (χ1) is 11.1. The van der Waals surface area contributed by atoms with Gasteiger partial charge in [-0.05, 0) is 36.6 Å². The Morgan fingerprint density at radius 1 is 1.21 bits per heavy atom. The predicted octanol–water partition coefficient (Wildman–Crippen LogP) is 1.47. The first kappa shape index (κ1) is 20.0. The summed E-state index contributed by atoms with van der Waals surface area (Å²) in [5, 5.41) is 11.5. The van der Waals surface area contributed by atoms with Crippen molar-refractivity contribution in [2.24, 2.45) is 5.92 Å². The zero-order valence-electron chi connectivity index (χ0n) is 14.0. The van der Waals surface area contributed by atoms with Gasteiger partial charge in [-0.25, -0.2) is 13.2 Å². The average Bonchev–Trinajstić information content (AvgIpc) is 2.45. The molecule has 0 aromatic heterocycles. The summed E-state index contributed by atoms with van der Waals surface area (Å²) < 4.78 is 28.0. The zero-order valence-corrected chi connectivity index (χ0v) is 14.8. The van der Waals surface area contributed by atoms with E-state index in [0.29, 0.717) is 12.2 Å². The van der Waals surface area contributed by atoms with Crippen LogP contribution >= 0.6 is 0 Å². The van der Waals surface area contributed by atoms with Gasteiger partial charge in [0, 0.05) is 6.26 Å². The van der Waals surface area contributed by atoms with Crippen LogP contribution in [0.2, 0.25) is 0 Å². The molecule has 134 valence electrons. The molecule has 0 spiro atoms. The van der Waals surface area contributed by atoms with Crippen molar-refractivity contribution in [1.82, 2.24) is 5.32 Å². The number of amides is 1. The van der Waals surface area contributed by atoms with Gasteiger partial charge in [0.1, 0.15) is 11.8 Å². The molecular formula is C16H23NO6S. The first-order valence-electron chi connectivity index (χ1n) is 7.54. The number of hydrogen-bond donors (Lipinski definition) is 2. The van der Waals surface area contributed by atoms with Gasteiger partial charge in [0.15, 0.2) is 9.84 Å². The van der Waals surface area contributed by atoms with Gasteiger partial charge in [-0.2, -0.15) is 0 Å². The largest absolute Gasteiger partial charge is 0.493 e. The summed E-state index contributed by atoms with van der Waals surface area (Å²) in [4.78, 5) is 23.1. The van der Waals surface area contributed by atoms with Gasteiger partial charge in [-0.3, -0.25) is 4.79 Å². The summed E-state index contributed by atoms with van der Waals surface area (Å²) in [5.41, 5.74) is 0. The van der Waals surface area contributed by atoms with E-state index < -0.39 is 27.8 Å². The molecule has 0 aliphatic carbocycles. The molecule has 0 heterocycles. The molecule has 1 atom stereocenters. The van der Waals surface area contributed by atoms with E-state index in [4.69, 9.17) is 9.84 Å². The molecule has 7 nitrogen and oxygen atoms in total. The minimum Gasteiger partial charge on any atom is -0.493 e. The van der Waals surface area contributed by atoms with Crippen molar-refractivity contribution in [3.63, 3.8) is 0 Å². The topological polar surface area (TPSA) is 110 Å². The molecule has 24 heavy (non-hydrogen) atoms. The van der Waals surface area contributed by atoms with Crippen LogP contribution in [0, 0.1) is 5.92 Å². The summed E-state index contributed by atoms with van der Waals surface area (Å²) in [6, 6.07) is 4.95. The smallest absolute Gasteiger partial charge is 0.326 e. The average molecular weight is 357 g/mol. The second-order valence-electron chi connectivity index (χ2n) is 5.93. The Morgan fingerprint density at radius 2 is 1.79 bits per heavy atom. The van der Waals surface area contributed by atoms with Crippen LogP contribution in [0.3, 0.4) is 0 Å². The van der Waals surface area contributed by atoms with Crippen LogP contribution in [0.1, 0.15) is 26.7 Å². The highest BCUT2D eigenvalue weighted by molar-refractivity contribution is 7.90. The van der Waals surface area contributed by atoms with Crippen molar-refractivity contribution in [2.45, 2.75) is 37.6 Å². The monoisotopic (exact) mass is 357 g/mol. The van der Waals surface area contributed by atoms with E-state index in [0.717, 1.165) is 6.26 Å². The molecule has 0 aliphatic rings. The molecular weight excluding hydrogens is 334 g/mol. The Kier molecular flexibility index (Phi) is 7.21. The van der Waals surface area contributed by atoms with Crippen LogP contribution in [0.4, 0.5) is 0 Å². The Labute approximate surface area is 141 Å². The highest BCUT2D eigenvalue weighted by Crippen LogP contribution is 2.16. The van der Waals surface area contributed by atoms with E-state index in [1.165, 1.54) is 24.3 Å². The molecule has 1 aromatic carbocycles. The van der Waals surface area contributed by atoms with E-state index in [2.05, 4.69) is 5.32 Å². The molecule has 1 unspecified atom stereocenters. The molecule has 2 N–H and O–H groups in total. The number of carbonyl (C=O) groups is 2. The number of carboxylic acid groups (broad SMARTS) is 1. The maximum absolute atomic E-state index is 11.8. The minimum atomic E-state index is -3.26. The Balaban J connectivity index is 2.46. The van der Waals surface area contributed by atoms with E-state index in [9.17, 15) is 18.0 Å². The molecule has 0 radical (unpaired) electrons. The molecule has 0 saturated carbocycles. The molecule has 8 heteroatoms. The number of aliphatic carboxylic acids is 1. The lowest BCUT2D eigenvalue weighted by molar-refractivity contribution is -0.142. The molecule has 1 aromatic rings. The van der Waals surface area contributed by atoms with Crippen LogP contribution in [-0.2, 0) is 19.4 Å². The van der Waals surface area contributed by atoms with Gasteiger partial charge < -0.3 is 15.2 Å². The third-order valence-corrected chi connectivity index (χ3v) is 4.32. The molecule has 1 amide bonds. The van der Waals surface area contributed by atoms with Gasteiger partial charge in [-0.1, -0.05) is 13.8 Å². The van der Waals surface area contributed by atoms with Crippen molar-refractivity contribution >= 4 is 21.7 Å². The first-order valence-corrected chi connectivity index (χ1v) is 9.44. The van der Waals surface area contributed by atoms with Crippen molar-refractivity contribution in [2.75, 3.05) is 12.9 Å². The summed E-state index contributed by atoms with van der Waals surface area (Å²) in [6.45, 7) is 3.83. The van der Waals surface area contributed by atoms with Gasteiger partial charge in [0.05, 0.1) is 17.9 Å². The van der Waals surface area contributed by atoms with E-state index in [1.54, 1.807) is 0 Å². The number of carbonyl (C=O) groups excluding carboxylic acids is 1. The predicted molar refractivity (Wildman–Crippen MR) is 88.7 cm³/mol. The minimum absolute atomic E-state index is 0.00963. The highest BCUT2D eigenvalue weighted by Gasteiger charge is 2.20. The van der Waals surface area contributed by atoms with Crippen LogP contribution in [0.5, 0.6) is 5.75 Å². The van der Waals surface area contributed by atoms with Crippen LogP contribution < -0.4 is 10.1 Å². The number of sulfone groups is 1. The number of benzene rings is 1. The third kappa shape index (κ3) is 6.99. The lowest BCUT2D eigenvalue weighted by atomic mass is 10.0. The highest BCUT2D eigenvalue weighted by atomic mass is 32.2. The maximum atomic E-state index is 11.8. The standard InChI is InChI=1S/C16H23NO6S/c1-11(2)10-14(16(19)20)17-15(18)8-9-23-12-4-6-13(7-5-12)24(3,21)22/h4-7,11,14H,8-10H2,1-3H3,(H,17,18)(H,19,20). The van der Waals surface area contributed by atoms with Crippen molar-refractivity contribution in [1.29, 1.82) is 0 Å². The van der Waals surface area contributed by atoms with E-state index in [-0.39, 0.29) is 23.8 Å². The van der Waals surface area contributed by atoms with Gasteiger partial charge in [0.2, 0.25) is 5.91 Å². The number of rotatable bonds is 9. The summed E-state index contributed by atoms with van der Waals surface area (Å²) in [5.74, 6) is -0.881. The quantitative estimate of drug-likeness (QED) is 0.693. The summed E-state index contributed by atoms with van der Waals surface area (Å²) >= 11 is 0. The van der Waals surface area contributed by atoms with Crippen molar-refractivity contribution < 1.29 is 27.9 Å². The zero-order chi connectivity index (χ0) is 18.3. The van der Waals surface area contributed by atoms with Crippen LogP contribution in [-0.4, -0.2) is 44.3 Å². The Hall–Kier alpha value is -2.09. The van der Waals surface area contributed by atoms with Crippen molar-refractivity contribution in [3.05, 3.63) is 24.3 Å². The van der Waals surface area contributed by atoms with Gasteiger partial charge in [-0.15, -0.1) is 0 Å². The SMILES string of the molecule is CC(C)CC(NC(=O)CCOc1ccc(S(C)(=O)=O)cc1)C(=O)O. The molecule has 0 saturated heterocycles. The fourth-order valence-electron chi connectivity index (χ4n) is 2.00. The summed E-state index contributed by atoms with van der Waals surface area (Å²) in [7, 11) is -3.26. The molecule has 1 rings (SSSR count).